The molecule has 0 atom stereocenters. The van der Waals surface area contributed by atoms with Crippen LogP contribution in [-0.2, 0) is 6.54 Å². The topological polar surface area (TPSA) is 46.9 Å². The fraction of sp³-hybridized carbons (Fsp3) is 0.692. The van der Waals surface area contributed by atoms with E-state index in [2.05, 4.69) is 17.3 Å². The number of carbonyl (C=O) groups excluding carboxylic acids is 1. The first kappa shape index (κ1) is 13.6. The van der Waals surface area contributed by atoms with Crippen molar-refractivity contribution >= 4 is 17.4 Å². The number of piperidine rings is 1. The van der Waals surface area contributed by atoms with Gasteiger partial charge in [0.25, 0.3) is 0 Å². The van der Waals surface area contributed by atoms with Gasteiger partial charge in [-0.05, 0) is 39.3 Å². The molecule has 1 N–H and O–H groups in total. The van der Waals surface area contributed by atoms with Crippen LogP contribution >= 0.6 is 11.6 Å². The molecule has 0 aliphatic carbocycles. The summed E-state index contributed by atoms with van der Waals surface area (Å²) in [4.78, 5) is 12.8. The summed E-state index contributed by atoms with van der Waals surface area (Å²) < 4.78 is 1.71. The van der Waals surface area contributed by atoms with Gasteiger partial charge in [0.05, 0.1) is 11.2 Å². The molecule has 100 valence electrons. The first-order valence-electron chi connectivity index (χ1n) is 6.61. The van der Waals surface area contributed by atoms with Gasteiger partial charge in [0.2, 0.25) is 0 Å². The second kappa shape index (κ2) is 5.41. The summed E-state index contributed by atoms with van der Waals surface area (Å²) in [5.74, 6) is 0.163. The third-order valence-electron chi connectivity index (χ3n) is 4.03. The highest BCUT2D eigenvalue weighted by Crippen LogP contribution is 2.37. The van der Waals surface area contributed by atoms with Crippen LogP contribution in [-0.4, -0.2) is 28.7 Å². The number of nitrogens with zero attached hydrogens (tertiary/aromatic N) is 2. The highest BCUT2D eigenvalue weighted by Gasteiger charge is 2.40. The second-order valence-electron chi connectivity index (χ2n) is 4.87. The Morgan fingerprint density at radius 1 is 1.50 bits per heavy atom. The lowest BCUT2D eigenvalue weighted by Crippen LogP contribution is -2.42. The lowest BCUT2D eigenvalue weighted by molar-refractivity contribution is 0.0705. The van der Waals surface area contributed by atoms with Gasteiger partial charge in [-0.3, -0.25) is 9.48 Å². The Balaban J connectivity index is 2.36. The molecule has 0 radical (unpaired) electrons. The molecule has 18 heavy (non-hydrogen) atoms. The van der Waals surface area contributed by atoms with E-state index in [-0.39, 0.29) is 11.2 Å². The minimum absolute atomic E-state index is 0.163. The van der Waals surface area contributed by atoms with Crippen molar-refractivity contribution in [1.82, 2.24) is 15.1 Å². The zero-order valence-corrected chi connectivity index (χ0v) is 11.8. The van der Waals surface area contributed by atoms with Gasteiger partial charge in [-0.2, -0.15) is 5.10 Å². The van der Waals surface area contributed by atoms with E-state index in [4.69, 9.17) is 11.6 Å². The van der Waals surface area contributed by atoms with Gasteiger partial charge in [0.1, 0.15) is 5.69 Å². The van der Waals surface area contributed by atoms with E-state index in [9.17, 15) is 4.79 Å². The summed E-state index contributed by atoms with van der Waals surface area (Å²) >= 11 is 6.14. The fourth-order valence-corrected chi connectivity index (χ4v) is 2.95. The Morgan fingerprint density at radius 2 is 2.17 bits per heavy atom. The van der Waals surface area contributed by atoms with Crippen molar-refractivity contribution in [3.63, 3.8) is 0 Å². The van der Waals surface area contributed by atoms with E-state index in [0.717, 1.165) is 32.4 Å². The monoisotopic (exact) mass is 269 g/mol. The molecular formula is C13H20ClN3O. The van der Waals surface area contributed by atoms with Crippen LogP contribution in [0.5, 0.6) is 0 Å². The Bertz CT molecular complexity index is 435. The van der Waals surface area contributed by atoms with Crippen molar-refractivity contribution in [3.05, 3.63) is 16.9 Å². The molecule has 1 aromatic heterocycles. The zero-order chi connectivity index (χ0) is 13.2. The standard InChI is InChI=1S/C13H20ClN3O/c1-3-13(5-7-15-8-6-13)12(18)11-10(14)9-16-17(11)4-2/h9,15H,3-8H2,1-2H3. The predicted molar refractivity (Wildman–Crippen MR) is 72.1 cm³/mol. The lowest BCUT2D eigenvalue weighted by Gasteiger charge is -2.35. The third kappa shape index (κ3) is 2.19. The molecule has 2 rings (SSSR count). The first-order valence-corrected chi connectivity index (χ1v) is 6.99. The Hall–Kier alpha value is -0.870. The molecule has 5 heteroatoms. The quantitative estimate of drug-likeness (QED) is 0.855. The van der Waals surface area contributed by atoms with Crippen LogP contribution in [0.1, 0.15) is 43.6 Å². The smallest absolute Gasteiger partial charge is 0.188 e. The van der Waals surface area contributed by atoms with Crippen LogP contribution in [0, 0.1) is 5.41 Å². The summed E-state index contributed by atoms with van der Waals surface area (Å²) in [6.07, 6.45) is 4.20. The molecular weight excluding hydrogens is 250 g/mol. The maximum atomic E-state index is 12.8. The molecule has 2 heterocycles. The molecule has 1 aromatic rings. The van der Waals surface area contributed by atoms with Crippen molar-refractivity contribution in [2.75, 3.05) is 13.1 Å². The van der Waals surface area contributed by atoms with E-state index in [1.54, 1.807) is 10.9 Å². The number of aryl methyl sites for hydroxylation is 1. The second-order valence-corrected chi connectivity index (χ2v) is 5.28. The number of aromatic nitrogens is 2. The Kier molecular flexibility index (Phi) is 4.07. The molecule has 0 bridgehead atoms. The Morgan fingerprint density at radius 3 is 2.72 bits per heavy atom. The van der Waals surface area contributed by atoms with Gasteiger partial charge >= 0.3 is 0 Å². The first-order chi connectivity index (χ1) is 8.64. The van der Waals surface area contributed by atoms with Gasteiger partial charge in [-0.25, -0.2) is 0 Å². The van der Waals surface area contributed by atoms with E-state index >= 15 is 0 Å². The predicted octanol–water partition coefficient (Wildman–Crippen LogP) is 2.52. The lowest BCUT2D eigenvalue weighted by atomic mass is 9.72. The van der Waals surface area contributed by atoms with E-state index in [0.29, 0.717) is 17.3 Å². The Labute approximate surface area is 113 Å². The molecule has 1 aliphatic rings. The number of halogens is 1. The van der Waals surface area contributed by atoms with Crippen molar-refractivity contribution in [2.45, 2.75) is 39.7 Å². The van der Waals surface area contributed by atoms with Crippen LogP contribution in [0.25, 0.3) is 0 Å². The average molecular weight is 270 g/mol. The summed E-state index contributed by atoms with van der Waals surface area (Å²) in [6.45, 7) is 6.53. The number of hydrogen-bond acceptors (Lipinski definition) is 3. The molecule has 0 spiro atoms. The van der Waals surface area contributed by atoms with E-state index in [1.165, 1.54) is 0 Å². The molecule has 1 aliphatic heterocycles. The van der Waals surface area contributed by atoms with Crippen molar-refractivity contribution < 1.29 is 4.79 Å². The van der Waals surface area contributed by atoms with Crippen LogP contribution < -0.4 is 5.32 Å². The molecule has 4 nitrogen and oxygen atoms in total. The minimum atomic E-state index is -0.262. The maximum Gasteiger partial charge on any atom is 0.188 e. The molecule has 1 saturated heterocycles. The number of nitrogens with one attached hydrogen (secondary N) is 1. The average Bonchev–Trinajstić information content (AvgIpc) is 2.79. The van der Waals surface area contributed by atoms with Gasteiger partial charge in [0, 0.05) is 12.0 Å². The van der Waals surface area contributed by atoms with Crippen LogP contribution in [0.15, 0.2) is 6.20 Å². The molecule has 1 fully saturated rings. The summed E-state index contributed by atoms with van der Waals surface area (Å²) in [5, 5.41) is 7.95. The summed E-state index contributed by atoms with van der Waals surface area (Å²) in [7, 11) is 0. The summed E-state index contributed by atoms with van der Waals surface area (Å²) in [6, 6.07) is 0. The third-order valence-corrected chi connectivity index (χ3v) is 4.31. The number of ketones is 1. The molecule has 0 unspecified atom stereocenters. The van der Waals surface area contributed by atoms with Crippen molar-refractivity contribution in [1.29, 1.82) is 0 Å². The molecule has 0 saturated carbocycles. The highest BCUT2D eigenvalue weighted by molar-refractivity contribution is 6.33. The van der Waals surface area contributed by atoms with Gasteiger partial charge in [0.15, 0.2) is 5.78 Å². The molecule has 0 aromatic carbocycles. The number of Topliss-reactive ketones (excluding diaryl/α,β-unsaturated/α-hetero) is 1. The van der Waals surface area contributed by atoms with Crippen molar-refractivity contribution in [2.24, 2.45) is 5.41 Å². The van der Waals surface area contributed by atoms with Crippen LogP contribution in [0.4, 0.5) is 0 Å². The van der Waals surface area contributed by atoms with Crippen LogP contribution in [0.3, 0.4) is 0 Å². The summed E-state index contributed by atoms with van der Waals surface area (Å²) in [5.41, 5.74) is 0.324. The maximum absolute atomic E-state index is 12.8. The zero-order valence-electron chi connectivity index (χ0n) is 11.0. The van der Waals surface area contributed by atoms with Gasteiger partial charge in [-0.1, -0.05) is 18.5 Å². The largest absolute Gasteiger partial charge is 0.317 e. The van der Waals surface area contributed by atoms with E-state index in [1.807, 2.05) is 6.92 Å². The van der Waals surface area contributed by atoms with E-state index < -0.39 is 0 Å². The molecule has 0 amide bonds. The minimum Gasteiger partial charge on any atom is -0.317 e. The SMILES string of the molecule is CCn1ncc(Cl)c1C(=O)C1(CC)CCNCC1. The van der Waals surface area contributed by atoms with Crippen molar-refractivity contribution in [3.8, 4) is 0 Å². The van der Waals surface area contributed by atoms with Crippen LogP contribution in [0.2, 0.25) is 5.02 Å². The number of rotatable bonds is 4. The number of carbonyl (C=O) groups is 1. The van der Waals surface area contributed by atoms with Gasteiger partial charge in [-0.15, -0.1) is 0 Å². The fourth-order valence-electron chi connectivity index (χ4n) is 2.73. The normalized spacial score (nSPS) is 18.8. The van der Waals surface area contributed by atoms with Gasteiger partial charge < -0.3 is 5.32 Å². The number of hydrogen-bond donors (Lipinski definition) is 1. The highest BCUT2D eigenvalue weighted by atomic mass is 35.5.